The lowest BCUT2D eigenvalue weighted by molar-refractivity contribution is -0.592. The van der Waals surface area contributed by atoms with Crippen molar-refractivity contribution >= 4 is 16.9 Å². The molecule has 154 valence electrons. The fourth-order valence-electron chi connectivity index (χ4n) is 3.05. The third kappa shape index (κ3) is 4.63. The predicted octanol–water partition coefficient (Wildman–Crippen LogP) is 5.95. The van der Waals surface area contributed by atoms with Crippen molar-refractivity contribution in [2.75, 3.05) is 0 Å². The molecule has 30 heavy (non-hydrogen) atoms. The van der Waals surface area contributed by atoms with Gasteiger partial charge < -0.3 is 10.3 Å². The van der Waals surface area contributed by atoms with E-state index in [0.29, 0.717) is 16.8 Å². The second kappa shape index (κ2) is 10.7. The molecule has 2 aromatic carbocycles. The highest BCUT2D eigenvalue weighted by Crippen LogP contribution is 2.32. The van der Waals surface area contributed by atoms with Crippen LogP contribution in [0.1, 0.15) is 38.2 Å². The zero-order valence-electron chi connectivity index (χ0n) is 17.7. The Hall–Kier alpha value is -3.73. The number of carbonyl (C=O) groups is 1. The molecule has 2 heterocycles. The standard InChI is InChI=1S/C21H14N2O3.2C2H6/c24-21(25)18-13-17(14-7-3-1-4-8-14)16-11-12-23(26)20(19(16)22-18)15-9-5-2-6-10-15;2*1-2/h1-13H,(H,24,25);2*1-2H3. The summed E-state index contributed by atoms with van der Waals surface area (Å²) in [5.41, 5.74) is 2.88. The van der Waals surface area contributed by atoms with Gasteiger partial charge in [-0.2, -0.15) is 4.73 Å². The number of hydrogen-bond donors (Lipinski definition) is 1. The third-order valence-corrected chi connectivity index (χ3v) is 4.23. The van der Waals surface area contributed by atoms with Crippen LogP contribution in [0.2, 0.25) is 0 Å². The first-order chi connectivity index (χ1) is 14.6. The average molecular weight is 402 g/mol. The van der Waals surface area contributed by atoms with Crippen molar-refractivity contribution in [3.05, 3.63) is 89.9 Å². The van der Waals surface area contributed by atoms with E-state index in [1.54, 1.807) is 24.3 Å². The second-order valence-corrected chi connectivity index (χ2v) is 5.84. The van der Waals surface area contributed by atoms with Gasteiger partial charge >= 0.3 is 5.97 Å². The lowest BCUT2D eigenvalue weighted by atomic mass is 9.98. The van der Waals surface area contributed by atoms with E-state index in [9.17, 15) is 15.1 Å². The molecule has 5 nitrogen and oxygen atoms in total. The van der Waals surface area contributed by atoms with Gasteiger partial charge in [-0.15, -0.1) is 0 Å². The van der Waals surface area contributed by atoms with Crippen molar-refractivity contribution in [1.29, 1.82) is 0 Å². The molecule has 1 N–H and O–H groups in total. The van der Waals surface area contributed by atoms with Crippen LogP contribution in [0.25, 0.3) is 33.3 Å². The maximum Gasteiger partial charge on any atom is 0.354 e. The minimum atomic E-state index is -1.13. The fraction of sp³-hybridized carbons (Fsp3) is 0.160. The Morgan fingerprint density at radius 2 is 1.40 bits per heavy atom. The van der Waals surface area contributed by atoms with E-state index in [-0.39, 0.29) is 5.69 Å². The maximum absolute atomic E-state index is 12.5. The summed E-state index contributed by atoms with van der Waals surface area (Å²) >= 11 is 0. The third-order valence-electron chi connectivity index (χ3n) is 4.23. The Morgan fingerprint density at radius 3 is 1.93 bits per heavy atom. The molecule has 0 amide bonds. The Labute approximate surface area is 176 Å². The largest absolute Gasteiger partial charge is 0.618 e. The van der Waals surface area contributed by atoms with Gasteiger partial charge in [-0.25, -0.2) is 9.78 Å². The number of pyridine rings is 2. The highest BCUT2D eigenvalue weighted by molar-refractivity contribution is 6.02. The van der Waals surface area contributed by atoms with Crippen molar-refractivity contribution < 1.29 is 14.6 Å². The molecule has 0 atom stereocenters. The van der Waals surface area contributed by atoms with Crippen LogP contribution < -0.4 is 4.73 Å². The number of fused-ring (bicyclic) bond motifs is 1. The summed E-state index contributed by atoms with van der Waals surface area (Å²) in [6, 6.07) is 21.8. The molecule has 4 rings (SSSR count). The van der Waals surface area contributed by atoms with Crippen LogP contribution in [0.3, 0.4) is 0 Å². The summed E-state index contributed by atoms with van der Waals surface area (Å²) < 4.78 is 0.727. The van der Waals surface area contributed by atoms with Crippen molar-refractivity contribution in [2.24, 2.45) is 0 Å². The van der Waals surface area contributed by atoms with Crippen LogP contribution in [0.4, 0.5) is 0 Å². The Balaban J connectivity index is 0.000000757. The average Bonchev–Trinajstić information content (AvgIpc) is 2.82. The molecule has 4 aromatic rings. The summed E-state index contributed by atoms with van der Waals surface area (Å²) in [6.07, 6.45) is 1.43. The van der Waals surface area contributed by atoms with Gasteiger partial charge in [0.25, 0.3) is 0 Å². The molecule has 0 saturated heterocycles. The first kappa shape index (κ1) is 22.6. The van der Waals surface area contributed by atoms with Gasteiger partial charge in [0, 0.05) is 17.0 Å². The molecule has 0 fully saturated rings. The summed E-state index contributed by atoms with van der Waals surface area (Å²) in [7, 11) is 0. The lowest BCUT2D eigenvalue weighted by Crippen LogP contribution is -2.29. The molecular weight excluding hydrogens is 376 g/mol. The number of benzene rings is 2. The normalized spacial score (nSPS) is 9.73. The quantitative estimate of drug-likeness (QED) is 0.339. The highest BCUT2D eigenvalue weighted by atomic mass is 16.5. The van der Waals surface area contributed by atoms with Crippen LogP contribution >= 0.6 is 0 Å². The number of rotatable bonds is 3. The summed E-state index contributed by atoms with van der Waals surface area (Å²) in [5.74, 6) is -1.13. The summed E-state index contributed by atoms with van der Waals surface area (Å²) in [5, 5.41) is 22.7. The van der Waals surface area contributed by atoms with E-state index in [2.05, 4.69) is 4.98 Å². The monoisotopic (exact) mass is 402 g/mol. The smallest absolute Gasteiger partial charge is 0.354 e. The van der Waals surface area contributed by atoms with E-state index in [0.717, 1.165) is 21.2 Å². The van der Waals surface area contributed by atoms with Gasteiger partial charge in [-0.05, 0) is 29.3 Å². The molecule has 0 aliphatic carbocycles. The van der Waals surface area contributed by atoms with E-state index < -0.39 is 5.97 Å². The predicted molar refractivity (Wildman–Crippen MR) is 121 cm³/mol. The van der Waals surface area contributed by atoms with E-state index in [4.69, 9.17) is 0 Å². The molecule has 0 saturated carbocycles. The molecule has 2 aromatic heterocycles. The minimum absolute atomic E-state index is 0.0975. The Bertz CT molecular complexity index is 1110. The molecule has 0 radical (unpaired) electrons. The van der Waals surface area contributed by atoms with Crippen LogP contribution in [-0.2, 0) is 0 Å². The molecule has 0 aliphatic rings. The molecular formula is C25H26N2O3. The number of aromatic carboxylic acids is 1. The topological polar surface area (TPSA) is 77.1 Å². The Morgan fingerprint density at radius 1 is 0.867 bits per heavy atom. The minimum Gasteiger partial charge on any atom is -0.618 e. The zero-order chi connectivity index (χ0) is 22.1. The number of carboxylic acids is 1. The van der Waals surface area contributed by atoms with Gasteiger partial charge in [0.2, 0.25) is 5.69 Å². The fourth-order valence-corrected chi connectivity index (χ4v) is 3.05. The highest BCUT2D eigenvalue weighted by Gasteiger charge is 2.20. The van der Waals surface area contributed by atoms with Crippen LogP contribution in [0, 0.1) is 5.21 Å². The van der Waals surface area contributed by atoms with Crippen molar-refractivity contribution in [3.63, 3.8) is 0 Å². The zero-order valence-corrected chi connectivity index (χ0v) is 17.7. The van der Waals surface area contributed by atoms with E-state index >= 15 is 0 Å². The second-order valence-electron chi connectivity index (χ2n) is 5.84. The number of nitrogens with zero attached hydrogens (tertiary/aromatic N) is 2. The first-order valence-electron chi connectivity index (χ1n) is 10.1. The van der Waals surface area contributed by atoms with Gasteiger partial charge in [-0.3, -0.25) is 0 Å². The van der Waals surface area contributed by atoms with Crippen molar-refractivity contribution in [1.82, 2.24) is 4.98 Å². The van der Waals surface area contributed by atoms with Crippen LogP contribution in [-0.4, -0.2) is 16.1 Å². The number of hydrogen-bond acceptors (Lipinski definition) is 3. The van der Waals surface area contributed by atoms with Crippen LogP contribution in [0.5, 0.6) is 0 Å². The van der Waals surface area contributed by atoms with Crippen LogP contribution in [0.15, 0.2) is 79.0 Å². The van der Waals surface area contributed by atoms with Gasteiger partial charge in [0.15, 0.2) is 6.20 Å². The number of aromatic nitrogens is 2. The van der Waals surface area contributed by atoms with Crippen molar-refractivity contribution in [3.8, 4) is 22.4 Å². The Kier molecular flexibility index (Phi) is 8.06. The maximum atomic E-state index is 12.5. The molecule has 0 bridgehead atoms. The summed E-state index contributed by atoms with van der Waals surface area (Å²) in [4.78, 5) is 15.9. The lowest BCUT2D eigenvalue weighted by Gasteiger charge is -2.12. The van der Waals surface area contributed by atoms with E-state index in [1.807, 2.05) is 76.2 Å². The molecule has 0 spiro atoms. The number of carboxylic acid groups (broad SMARTS) is 1. The molecule has 0 aliphatic heterocycles. The molecule has 5 heteroatoms. The van der Waals surface area contributed by atoms with Gasteiger partial charge in [0.05, 0.1) is 0 Å². The van der Waals surface area contributed by atoms with E-state index in [1.165, 1.54) is 6.20 Å². The molecule has 0 unspecified atom stereocenters. The van der Waals surface area contributed by atoms with Gasteiger partial charge in [0.1, 0.15) is 11.2 Å². The summed E-state index contributed by atoms with van der Waals surface area (Å²) in [6.45, 7) is 8.00. The van der Waals surface area contributed by atoms with Gasteiger partial charge in [-0.1, -0.05) is 76.2 Å². The first-order valence-corrected chi connectivity index (χ1v) is 10.1. The van der Waals surface area contributed by atoms with Crippen molar-refractivity contribution in [2.45, 2.75) is 27.7 Å². The SMILES string of the molecule is CC.CC.O=C(O)c1cc(-c2ccccc2)c2cc[n+]([O-])c(-c3ccccc3)c2n1.